The first-order chi connectivity index (χ1) is 10.5. The first kappa shape index (κ1) is 15.8. The van der Waals surface area contributed by atoms with Gasteiger partial charge in [0.15, 0.2) is 0 Å². The maximum Gasteiger partial charge on any atom is 0.337 e. The molecule has 0 radical (unpaired) electrons. The highest BCUT2D eigenvalue weighted by Gasteiger charge is 2.23. The van der Waals surface area contributed by atoms with Crippen molar-refractivity contribution in [3.8, 4) is 6.07 Å². The van der Waals surface area contributed by atoms with Gasteiger partial charge in [-0.1, -0.05) is 0 Å². The molecule has 0 unspecified atom stereocenters. The summed E-state index contributed by atoms with van der Waals surface area (Å²) in [6.45, 7) is 2.93. The number of hydrogen-bond acceptors (Lipinski definition) is 4. The summed E-state index contributed by atoms with van der Waals surface area (Å²) in [5, 5.41) is 11.8. The first-order valence-corrected chi connectivity index (χ1v) is 7.19. The van der Waals surface area contributed by atoms with Crippen LogP contribution >= 0.6 is 0 Å². The first-order valence-electron chi connectivity index (χ1n) is 7.19. The fourth-order valence-electron chi connectivity index (χ4n) is 2.51. The van der Waals surface area contributed by atoms with Crippen LogP contribution in [0.3, 0.4) is 0 Å². The Kier molecular flexibility index (Phi) is 4.99. The van der Waals surface area contributed by atoms with Crippen molar-refractivity contribution in [1.82, 2.24) is 4.90 Å². The smallest absolute Gasteiger partial charge is 0.337 e. The molecule has 22 heavy (non-hydrogen) atoms. The normalized spacial score (nSPS) is 17.5. The van der Waals surface area contributed by atoms with Crippen molar-refractivity contribution in [2.75, 3.05) is 25.5 Å². The maximum atomic E-state index is 12.3. The van der Waals surface area contributed by atoms with Crippen LogP contribution in [0.25, 0.3) is 0 Å². The Bertz CT molecular complexity index is 622. The number of nitrogens with one attached hydrogen (secondary N) is 1. The van der Waals surface area contributed by atoms with Crippen LogP contribution < -0.4 is 5.32 Å². The van der Waals surface area contributed by atoms with Gasteiger partial charge in [0.2, 0.25) is 0 Å². The van der Waals surface area contributed by atoms with Gasteiger partial charge in [-0.3, -0.25) is 0 Å². The molecule has 0 aromatic heterocycles. The number of esters is 1. The van der Waals surface area contributed by atoms with E-state index in [1.165, 1.54) is 7.11 Å². The maximum absolute atomic E-state index is 12.3. The van der Waals surface area contributed by atoms with Gasteiger partial charge in [-0.05, 0) is 43.5 Å². The fourth-order valence-corrected chi connectivity index (χ4v) is 2.51. The summed E-state index contributed by atoms with van der Waals surface area (Å²) < 4.78 is 4.67. The number of rotatable bonds is 2. The van der Waals surface area contributed by atoms with E-state index in [-0.39, 0.29) is 11.9 Å². The van der Waals surface area contributed by atoms with Gasteiger partial charge in [-0.2, -0.15) is 5.26 Å². The summed E-state index contributed by atoms with van der Waals surface area (Å²) >= 11 is 0. The van der Waals surface area contributed by atoms with Gasteiger partial charge in [0, 0.05) is 18.8 Å². The minimum Gasteiger partial charge on any atom is -0.465 e. The van der Waals surface area contributed by atoms with E-state index >= 15 is 0 Å². The lowest BCUT2D eigenvalue weighted by molar-refractivity contribution is 0.0600. The molecule has 0 saturated carbocycles. The second-order valence-electron chi connectivity index (χ2n) is 5.37. The highest BCUT2D eigenvalue weighted by Crippen LogP contribution is 2.20. The van der Waals surface area contributed by atoms with Gasteiger partial charge >= 0.3 is 12.0 Å². The van der Waals surface area contributed by atoms with Crippen LogP contribution in [0, 0.1) is 24.2 Å². The highest BCUT2D eigenvalue weighted by molar-refractivity contribution is 5.93. The molecule has 1 fully saturated rings. The van der Waals surface area contributed by atoms with Crippen molar-refractivity contribution in [1.29, 1.82) is 5.26 Å². The van der Waals surface area contributed by atoms with Gasteiger partial charge in [-0.25, -0.2) is 9.59 Å². The molecule has 0 aliphatic carbocycles. The van der Waals surface area contributed by atoms with E-state index in [4.69, 9.17) is 5.26 Å². The van der Waals surface area contributed by atoms with E-state index in [9.17, 15) is 9.59 Å². The summed E-state index contributed by atoms with van der Waals surface area (Å²) in [7, 11) is 1.33. The number of benzene rings is 1. The van der Waals surface area contributed by atoms with Crippen LogP contribution in [-0.2, 0) is 4.74 Å². The predicted octanol–water partition coefficient (Wildman–Crippen LogP) is 2.55. The molecule has 6 nitrogen and oxygen atoms in total. The Morgan fingerprint density at radius 1 is 1.45 bits per heavy atom. The van der Waals surface area contributed by atoms with Gasteiger partial charge in [-0.15, -0.1) is 0 Å². The second kappa shape index (κ2) is 6.94. The molecule has 0 spiro atoms. The number of likely N-dealkylation sites (tertiary alicyclic amines) is 1. The highest BCUT2D eigenvalue weighted by atomic mass is 16.5. The Morgan fingerprint density at radius 3 is 2.86 bits per heavy atom. The molecule has 6 heteroatoms. The lowest BCUT2D eigenvalue weighted by Crippen LogP contribution is -2.42. The molecule has 1 heterocycles. The minimum atomic E-state index is -0.408. The Labute approximate surface area is 129 Å². The van der Waals surface area contributed by atoms with Crippen molar-refractivity contribution < 1.29 is 14.3 Å². The van der Waals surface area contributed by atoms with Gasteiger partial charge in [0.25, 0.3) is 0 Å². The quantitative estimate of drug-likeness (QED) is 0.851. The fraction of sp³-hybridized carbons (Fsp3) is 0.438. The number of anilines is 1. The van der Waals surface area contributed by atoms with E-state index in [1.54, 1.807) is 23.1 Å². The zero-order valence-electron chi connectivity index (χ0n) is 12.8. The molecular weight excluding hydrogens is 282 g/mol. The average molecular weight is 301 g/mol. The van der Waals surface area contributed by atoms with E-state index in [0.29, 0.717) is 24.3 Å². The largest absolute Gasteiger partial charge is 0.465 e. The number of carbonyl (C=O) groups is 2. The lowest BCUT2D eigenvalue weighted by Gasteiger charge is -2.29. The van der Waals surface area contributed by atoms with Crippen LogP contribution in [0.4, 0.5) is 10.5 Å². The van der Waals surface area contributed by atoms with Crippen LogP contribution in [0.2, 0.25) is 0 Å². The number of hydrogen-bond donors (Lipinski definition) is 1. The third-order valence-electron chi connectivity index (χ3n) is 3.78. The lowest BCUT2D eigenvalue weighted by atomic mass is 10.0. The van der Waals surface area contributed by atoms with Crippen molar-refractivity contribution >= 4 is 17.7 Å². The molecular formula is C16H19N3O3. The SMILES string of the molecule is COC(=O)c1ccc(NC(=O)N2CCC[C@H](C#N)C2)c(C)c1. The molecule has 1 aromatic carbocycles. The van der Waals surface area contributed by atoms with Gasteiger partial charge < -0.3 is 15.0 Å². The molecule has 2 amide bonds. The monoisotopic (exact) mass is 301 g/mol. The summed E-state index contributed by atoms with van der Waals surface area (Å²) in [6.07, 6.45) is 1.68. The molecule has 1 aromatic rings. The van der Waals surface area contributed by atoms with Crippen LogP contribution in [0.5, 0.6) is 0 Å². The second-order valence-corrected chi connectivity index (χ2v) is 5.37. The zero-order chi connectivity index (χ0) is 16.1. The summed E-state index contributed by atoms with van der Waals surface area (Å²) in [6, 6.07) is 6.98. The Morgan fingerprint density at radius 2 is 2.23 bits per heavy atom. The summed E-state index contributed by atoms with van der Waals surface area (Å²) in [5.74, 6) is -0.504. The van der Waals surface area contributed by atoms with E-state index in [0.717, 1.165) is 18.4 Å². The minimum absolute atomic E-state index is 0.0951. The summed E-state index contributed by atoms with van der Waals surface area (Å²) in [5.41, 5.74) is 1.88. The van der Waals surface area contributed by atoms with Crippen LogP contribution in [-0.4, -0.2) is 37.1 Å². The van der Waals surface area contributed by atoms with Crippen molar-refractivity contribution in [3.05, 3.63) is 29.3 Å². The molecule has 1 N–H and O–H groups in total. The van der Waals surface area contributed by atoms with Crippen molar-refractivity contribution in [3.63, 3.8) is 0 Å². The number of carbonyl (C=O) groups excluding carboxylic acids is 2. The standard InChI is InChI=1S/C16H19N3O3/c1-11-8-13(15(20)22-2)5-6-14(11)18-16(21)19-7-3-4-12(9-17)10-19/h5-6,8,12H,3-4,7,10H2,1-2H3,(H,18,21)/t12-/m1/s1. The average Bonchev–Trinajstić information content (AvgIpc) is 2.55. The molecule has 1 atom stereocenters. The number of aryl methyl sites for hydroxylation is 1. The Hall–Kier alpha value is -2.55. The number of methoxy groups -OCH3 is 1. The predicted molar refractivity (Wildman–Crippen MR) is 81.4 cm³/mol. The number of urea groups is 1. The number of piperidine rings is 1. The van der Waals surface area contributed by atoms with Crippen molar-refractivity contribution in [2.45, 2.75) is 19.8 Å². The molecule has 0 bridgehead atoms. The van der Waals surface area contributed by atoms with Gasteiger partial charge in [0.1, 0.15) is 0 Å². The van der Waals surface area contributed by atoms with E-state index in [2.05, 4.69) is 16.1 Å². The van der Waals surface area contributed by atoms with Crippen molar-refractivity contribution in [2.24, 2.45) is 5.92 Å². The van der Waals surface area contributed by atoms with Crippen LogP contribution in [0.15, 0.2) is 18.2 Å². The number of nitriles is 1. The number of amides is 2. The third-order valence-corrected chi connectivity index (χ3v) is 3.78. The Balaban J connectivity index is 2.05. The number of nitrogens with zero attached hydrogens (tertiary/aromatic N) is 2. The molecule has 116 valence electrons. The van der Waals surface area contributed by atoms with Crippen LogP contribution in [0.1, 0.15) is 28.8 Å². The topological polar surface area (TPSA) is 82.4 Å². The number of ether oxygens (including phenoxy) is 1. The third kappa shape index (κ3) is 3.55. The van der Waals surface area contributed by atoms with E-state index < -0.39 is 5.97 Å². The zero-order valence-corrected chi connectivity index (χ0v) is 12.8. The molecule has 2 rings (SSSR count). The molecule has 1 aliphatic rings. The van der Waals surface area contributed by atoms with E-state index in [1.807, 2.05) is 6.92 Å². The summed E-state index contributed by atoms with van der Waals surface area (Å²) in [4.78, 5) is 25.4. The van der Waals surface area contributed by atoms with Gasteiger partial charge in [0.05, 0.1) is 24.7 Å². The molecule has 1 aliphatic heterocycles. The molecule has 1 saturated heterocycles.